The molecule has 2 N–H and O–H groups in total. The summed E-state index contributed by atoms with van der Waals surface area (Å²) in [6.45, 7) is 0. The highest BCUT2D eigenvalue weighted by atomic mass is 32.2. The van der Waals surface area contributed by atoms with Gasteiger partial charge in [0.15, 0.2) is 9.84 Å². The van der Waals surface area contributed by atoms with Gasteiger partial charge >= 0.3 is 0 Å². The maximum atomic E-state index is 10.3. The molecule has 1 rings (SSSR count). The maximum Gasteiger partial charge on any atom is 0.153 e. The molecule has 1 fully saturated rings. The van der Waals surface area contributed by atoms with Crippen LogP contribution in [-0.4, -0.2) is 31.2 Å². The molecule has 1 aliphatic rings. The van der Waals surface area contributed by atoms with E-state index in [9.17, 15) is 8.42 Å². The smallest absolute Gasteiger partial charge is 0.153 e. The molecule has 5 heteroatoms. The Morgan fingerprint density at radius 3 is 2.12 bits per heavy atom. The van der Waals surface area contributed by atoms with Gasteiger partial charge < -0.3 is 5.21 Å². The molecule has 1 heterocycles. The minimum Gasteiger partial charge on any atom is -0.316 e. The molecular formula is C3H7NO3S. The molecule has 48 valence electrons. The first-order valence-electron chi connectivity index (χ1n) is 2.24. The summed E-state index contributed by atoms with van der Waals surface area (Å²) in [7, 11) is -2.77. The molecule has 0 aliphatic carbocycles. The largest absolute Gasteiger partial charge is 0.316 e. The summed E-state index contributed by atoms with van der Waals surface area (Å²) in [5.41, 5.74) is 1.88. The first-order valence-corrected chi connectivity index (χ1v) is 4.06. The van der Waals surface area contributed by atoms with Gasteiger partial charge in [0.1, 0.15) is 0 Å². The Morgan fingerprint density at radius 2 is 2.00 bits per heavy atom. The third-order valence-corrected chi connectivity index (χ3v) is 2.91. The Kier molecular flexibility index (Phi) is 1.26. The lowest BCUT2D eigenvalue weighted by atomic mass is 10.4. The van der Waals surface area contributed by atoms with Crippen LogP contribution in [0.5, 0.6) is 0 Å². The first kappa shape index (κ1) is 6.00. The van der Waals surface area contributed by atoms with Crippen molar-refractivity contribution in [2.24, 2.45) is 0 Å². The molecule has 0 saturated carbocycles. The summed E-state index contributed by atoms with van der Waals surface area (Å²) in [5.74, 6) is 0.146. The van der Waals surface area contributed by atoms with Gasteiger partial charge in [0.25, 0.3) is 0 Å². The first-order chi connectivity index (χ1) is 3.64. The van der Waals surface area contributed by atoms with E-state index in [-0.39, 0.29) is 17.5 Å². The van der Waals surface area contributed by atoms with E-state index in [4.69, 9.17) is 5.21 Å². The van der Waals surface area contributed by atoms with Gasteiger partial charge in [-0.3, -0.25) is 0 Å². The molecule has 1 saturated heterocycles. The van der Waals surface area contributed by atoms with Gasteiger partial charge in [0.05, 0.1) is 17.5 Å². The molecule has 8 heavy (non-hydrogen) atoms. The van der Waals surface area contributed by atoms with Crippen molar-refractivity contribution in [2.75, 3.05) is 11.5 Å². The number of hydrogen-bond donors (Lipinski definition) is 2. The predicted molar refractivity (Wildman–Crippen MR) is 27.4 cm³/mol. The topological polar surface area (TPSA) is 66.4 Å². The van der Waals surface area contributed by atoms with E-state index in [0.29, 0.717) is 0 Å². The van der Waals surface area contributed by atoms with Gasteiger partial charge in [-0.15, -0.1) is 0 Å². The van der Waals surface area contributed by atoms with E-state index in [0.717, 1.165) is 0 Å². The number of rotatable bonds is 1. The van der Waals surface area contributed by atoms with Crippen molar-refractivity contribution in [3.05, 3.63) is 0 Å². The summed E-state index contributed by atoms with van der Waals surface area (Å²) in [4.78, 5) is 0. The van der Waals surface area contributed by atoms with E-state index in [1.807, 2.05) is 5.48 Å². The van der Waals surface area contributed by atoms with Crippen molar-refractivity contribution in [1.29, 1.82) is 0 Å². The van der Waals surface area contributed by atoms with Crippen LogP contribution in [0.4, 0.5) is 0 Å². The molecule has 0 atom stereocenters. The summed E-state index contributed by atoms with van der Waals surface area (Å²) >= 11 is 0. The molecule has 0 aromatic carbocycles. The maximum absolute atomic E-state index is 10.3. The third kappa shape index (κ3) is 0.988. The van der Waals surface area contributed by atoms with Crippen LogP contribution in [0.2, 0.25) is 0 Å². The Labute approximate surface area is 47.4 Å². The van der Waals surface area contributed by atoms with Gasteiger partial charge in [-0.25, -0.2) is 13.9 Å². The van der Waals surface area contributed by atoms with Crippen LogP contribution in [-0.2, 0) is 9.84 Å². The van der Waals surface area contributed by atoms with Crippen LogP contribution >= 0.6 is 0 Å². The van der Waals surface area contributed by atoms with Crippen LogP contribution in [0.3, 0.4) is 0 Å². The fraction of sp³-hybridized carbons (Fsp3) is 1.00. The number of hydrogen-bond acceptors (Lipinski definition) is 4. The van der Waals surface area contributed by atoms with Gasteiger partial charge in [0.2, 0.25) is 0 Å². The van der Waals surface area contributed by atoms with Crippen molar-refractivity contribution >= 4 is 9.84 Å². The fourth-order valence-corrected chi connectivity index (χ4v) is 1.92. The SMILES string of the molecule is O=S1(=O)CC(NO)C1. The van der Waals surface area contributed by atoms with Crippen molar-refractivity contribution in [2.45, 2.75) is 6.04 Å². The zero-order valence-corrected chi connectivity index (χ0v) is 4.98. The van der Waals surface area contributed by atoms with Crippen LogP contribution in [0.1, 0.15) is 0 Å². The molecule has 0 radical (unpaired) electrons. The number of nitrogens with one attached hydrogen (secondary N) is 1. The molecule has 1 aliphatic heterocycles. The molecule has 4 nitrogen and oxygen atoms in total. The third-order valence-electron chi connectivity index (χ3n) is 1.09. The zero-order valence-electron chi connectivity index (χ0n) is 4.16. The summed E-state index contributed by atoms with van der Waals surface area (Å²) in [6.07, 6.45) is 0. The Morgan fingerprint density at radius 1 is 1.50 bits per heavy atom. The van der Waals surface area contributed by atoms with Crippen molar-refractivity contribution < 1.29 is 13.6 Å². The van der Waals surface area contributed by atoms with Gasteiger partial charge in [-0.2, -0.15) is 0 Å². The van der Waals surface area contributed by atoms with Gasteiger partial charge in [0, 0.05) is 0 Å². The minimum absolute atomic E-state index is 0.0729. The Bertz CT molecular complexity index is 161. The second kappa shape index (κ2) is 1.68. The molecule has 0 spiro atoms. The van der Waals surface area contributed by atoms with Gasteiger partial charge in [-0.1, -0.05) is 0 Å². The second-order valence-corrected chi connectivity index (χ2v) is 4.06. The van der Waals surface area contributed by atoms with E-state index in [2.05, 4.69) is 0 Å². The van der Waals surface area contributed by atoms with Crippen molar-refractivity contribution in [1.82, 2.24) is 5.48 Å². The lowest BCUT2D eigenvalue weighted by Gasteiger charge is -2.23. The second-order valence-electron chi connectivity index (χ2n) is 1.90. The van der Waals surface area contributed by atoms with Crippen LogP contribution in [0.15, 0.2) is 0 Å². The molecule has 0 aromatic rings. The van der Waals surface area contributed by atoms with E-state index < -0.39 is 9.84 Å². The summed E-state index contributed by atoms with van der Waals surface area (Å²) in [6, 6.07) is -0.222. The van der Waals surface area contributed by atoms with E-state index in [1.165, 1.54) is 0 Å². The highest BCUT2D eigenvalue weighted by molar-refractivity contribution is 7.92. The van der Waals surface area contributed by atoms with E-state index in [1.54, 1.807) is 0 Å². The Hall–Kier alpha value is -0.130. The molecule has 0 amide bonds. The van der Waals surface area contributed by atoms with Crippen LogP contribution < -0.4 is 5.48 Å². The lowest BCUT2D eigenvalue weighted by molar-refractivity contribution is 0.136. The highest BCUT2D eigenvalue weighted by Gasteiger charge is 2.32. The predicted octanol–water partition coefficient (Wildman–Crippen LogP) is -1.24. The highest BCUT2D eigenvalue weighted by Crippen LogP contribution is 2.08. The Balaban J connectivity index is 2.43. The fourth-order valence-electron chi connectivity index (χ4n) is 0.639. The van der Waals surface area contributed by atoms with Crippen molar-refractivity contribution in [3.63, 3.8) is 0 Å². The number of hydroxylamine groups is 1. The standard InChI is InChI=1S/C3H7NO3S/c5-4-3-1-8(6,7)2-3/h3-5H,1-2H2. The van der Waals surface area contributed by atoms with Crippen LogP contribution in [0.25, 0.3) is 0 Å². The van der Waals surface area contributed by atoms with Crippen LogP contribution in [0, 0.1) is 0 Å². The molecule has 0 aromatic heterocycles. The normalized spacial score (nSPS) is 27.1. The summed E-state index contributed by atoms with van der Waals surface area (Å²) in [5, 5.41) is 8.10. The summed E-state index contributed by atoms with van der Waals surface area (Å²) < 4.78 is 20.6. The monoisotopic (exact) mass is 137 g/mol. The quantitative estimate of drug-likeness (QED) is 0.444. The van der Waals surface area contributed by atoms with Crippen molar-refractivity contribution in [3.8, 4) is 0 Å². The zero-order chi connectivity index (χ0) is 6.20. The van der Waals surface area contributed by atoms with Gasteiger partial charge in [-0.05, 0) is 0 Å². The molecular weight excluding hydrogens is 130 g/mol. The minimum atomic E-state index is -2.77. The average Bonchev–Trinajstić information content (AvgIpc) is 1.60. The average molecular weight is 137 g/mol. The number of sulfone groups is 1. The molecule has 0 unspecified atom stereocenters. The lowest BCUT2D eigenvalue weighted by Crippen LogP contribution is -2.49. The molecule has 0 bridgehead atoms. The van der Waals surface area contributed by atoms with E-state index >= 15 is 0 Å².